The van der Waals surface area contributed by atoms with E-state index in [1.54, 1.807) is 23.8 Å². The molecule has 0 saturated carbocycles. The third-order valence-corrected chi connectivity index (χ3v) is 5.93. The van der Waals surface area contributed by atoms with Crippen LogP contribution in [0.2, 0.25) is 0 Å². The van der Waals surface area contributed by atoms with Crippen LogP contribution in [0.5, 0.6) is 5.75 Å². The van der Waals surface area contributed by atoms with Gasteiger partial charge < -0.3 is 15.0 Å². The number of carbonyl (C=O) groups is 2. The van der Waals surface area contributed by atoms with Crippen LogP contribution in [-0.4, -0.2) is 35.6 Å². The van der Waals surface area contributed by atoms with Crippen LogP contribution in [0.1, 0.15) is 26.9 Å². The van der Waals surface area contributed by atoms with E-state index in [9.17, 15) is 9.59 Å². The minimum Gasteiger partial charge on any atom is -0.497 e. The highest BCUT2D eigenvalue weighted by molar-refractivity contribution is 7.99. The third-order valence-electron chi connectivity index (χ3n) is 4.62. The number of rotatable bonds is 4. The topological polar surface area (TPSA) is 58.6 Å². The van der Waals surface area contributed by atoms with E-state index in [0.29, 0.717) is 17.9 Å². The number of nitrogens with zero attached hydrogens (tertiary/aromatic N) is 1. The molecule has 2 aromatic carbocycles. The second-order valence-corrected chi connectivity index (χ2v) is 7.18. The summed E-state index contributed by atoms with van der Waals surface area (Å²) in [5, 5.41) is 2.91. The number of thioether (sulfide) groups is 1. The summed E-state index contributed by atoms with van der Waals surface area (Å²) >= 11 is 1.65. The fraction of sp³-hybridized carbons (Fsp3) is 0.263. The molecule has 0 unspecified atom stereocenters. The quantitative estimate of drug-likeness (QED) is 0.917. The maximum absolute atomic E-state index is 12.7. The Hall–Kier alpha value is -2.47. The van der Waals surface area contributed by atoms with Gasteiger partial charge >= 0.3 is 0 Å². The summed E-state index contributed by atoms with van der Waals surface area (Å²) in [5.41, 5.74) is 2.72. The Morgan fingerprint density at radius 1 is 1.24 bits per heavy atom. The maximum atomic E-state index is 12.7. The van der Waals surface area contributed by atoms with E-state index in [1.165, 1.54) is 0 Å². The SMILES string of the molecule is COc1ccc(CNC(=O)[C@@H]2CS[C@@H]3c4ccccc4C(=O)N32)cc1. The van der Waals surface area contributed by atoms with Crippen molar-refractivity contribution in [3.63, 3.8) is 0 Å². The molecule has 4 rings (SSSR count). The van der Waals surface area contributed by atoms with Crippen LogP contribution in [0.3, 0.4) is 0 Å². The van der Waals surface area contributed by atoms with Gasteiger partial charge in [-0.2, -0.15) is 0 Å². The van der Waals surface area contributed by atoms with Gasteiger partial charge in [-0.1, -0.05) is 30.3 Å². The van der Waals surface area contributed by atoms with Crippen LogP contribution in [0.15, 0.2) is 48.5 Å². The molecule has 2 amide bonds. The Morgan fingerprint density at radius 2 is 2.00 bits per heavy atom. The lowest BCUT2D eigenvalue weighted by Gasteiger charge is -2.22. The molecule has 5 nitrogen and oxygen atoms in total. The normalized spacial score (nSPS) is 21.0. The Morgan fingerprint density at radius 3 is 2.76 bits per heavy atom. The Balaban J connectivity index is 1.44. The van der Waals surface area contributed by atoms with Gasteiger partial charge in [0.1, 0.15) is 17.2 Å². The molecule has 0 aromatic heterocycles. The van der Waals surface area contributed by atoms with Crippen molar-refractivity contribution < 1.29 is 14.3 Å². The van der Waals surface area contributed by atoms with Crippen molar-refractivity contribution in [2.75, 3.05) is 12.9 Å². The minimum atomic E-state index is -0.423. The molecule has 1 N–H and O–H groups in total. The van der Waals surface area contributed by atoms with E-state index < -0.39 is 6.04 Å². The van der Waals surface area contributed by atoms with Crippen LogP contribution in [0, 0.1) is 0 Å². The fourth-order valence-electron chi connectivity index (χ4n) is 3.29. The van der Waals surface area contributed by atoms with Crippen LogP contribution >= 0.6 is 11.8 Å². The second-order valence-electron chi connectivity index (χ2n) is 6.07. The lowest BCUT2D eigenvalue weighted by atomic mass is 10.1. The fourth-order valence-corrected chi connectivity index (χ4v) is 4.76. The lowest BCUT2D eigenvalue weighted by Crippen LogP contribution is -2.45. The second kappa shape index (κ2) is 6.44. The van der Waals surface area contributed by atoms with Crippen molar-refractivity contribution in [3.05, 3.63) is 65.2 Å². The van der Waals surface area contributed by atoms with Gasteiger partial charge in [0, 0.05) is 17.9 Å². The van der Waals surface area contributed by atoms with Gasteiger partial charge in [0.15, 0.2) is 0 Å². The van der Waals surface area contributed by atoms with Crippen LogP contribution < -0.4 is 10.1 Å². The van der Waals surface area contributed by atoms with Gasteiger partial charge in [-0.25, -0.2) is 0 Å². The first kappa shape index (κ1) is 16.0. The first-order chi connectivity index (χ1) is 12.2. The van der Waals surface area contributed by atoms with Crippen molar-refractivity contribution in [2.45, 2.75) is 18.0 Å². The van der Waals surface area contributed by atoms with Crippen molar-refractivity contribution in [3.8, 4) is 5.75 Å². The van der Waals surface area contributed by atoms with Gasteiger partial charge in [-0.3, -0.25) is 9.59 Å². The molecule has 2 aliphatic rings. The Bertz CT molecular complexity index is 822. The highest BCUT2D eigenvalue weighted by atomic mass is 32.2. The smallest absolute Gasteiger partial charge is 0.256 e. The highest BCUT2D eigenvalue weighted by Crippen LogP contribution is 2.48. The van der Waals surface area contributed by atoms with Crippen molar-refractivity contribution >= 4 is 23.6 Å². The molecule has 2 atom stereocenters. The summed E-state index contributed by atoms with van der Waals surface area (Å²) in [6.45, 7) is 0.434. The third kappa shape index (κ3) is 2.76. The molecule has 1 fully saturated rings. The summed E-state index contributed by atoms with van der Waals surface area (Å²) < 4.78 is 5.13. The highest BCUT2D eigenvalue weighted by Gasteiger charge is 2.48. The zero-order chi connectivity index (χ0) is 17.4. The lowest BCUT2D eigenvalue weighted by molar-refractivity contribution is -0.124. The molecule has 0 bridgehead atoms. The van der Waals surface area contributed by atoms with E-state index in [2.05, 4.69) is 5.32 Å². The zero-order valence-electron chi connectivity index (χ0n) is 13.8. The summed E-state index contributed by atoms with van der Waals surface area (Å²) in [7, 11) is 1.62. The van der Waals surface area contributed by atoms with Crippen molar-refractivity contribution in [2.24, 2.45) is 0 Å². The minimum absolute atomic E-state index is 0.0413. The summed E-state index contributed by atoms with van der Waals surface area (Å²) in [6, 6.07) is 14.8. The number of nitrogens with one attached hydrogen (secondary N) is 1. The van der Waals surface area contributed by atoms with Crippen molar-refractivity contribution in [1.29, 1.82) is 0 Å². The predicted molar refractivity (Wildman–Crippen MR) is 96.4 cm³/mol. The molecule has 128 valence electrons. The van der Waals surface area contributed by atoms with Crippen LogP contribution in [0.4, 0.5) is 0 Å². The van der Waals surface area contributed by atoms with Gasteiger partial charge in [0.05, 0.1) is 7.11 Å². The molecule has 25 heavy (non-hydrogen) atoms. The number of fused-ring (bicyclic) bond motifs is 3. The number of hydrogen-bond acceptors (Lipinski definition) is 4. The molecule has 2 aliphatic heterocycles. The number of amides is 2. The van der Waals surface area contributed by atoms with Crippen LogP contribution in [0.25, 0.3) is 0 Å². The molecule has 0 spiro atoms. The Kier molecular flexibility index (Phi) is 4.13. The van der Waals surface area contributed by atoms with Gasteiger partial charge in [0.25, 0.3) is 5.91 Å². The average Bonchev–Trinajstić information content (AvgIpc) is 3.21. The molecule has 2 heterocycles. The average molecular weight is 354 g/mol. The van der Waals surface area contributed by atoms with Gasteiger partial charge in [-0.15, -0.1) is 11.8 Å². The van der Waals surface area contributed by atoms with Gasteiger partial charge in [0.2, 0.25) is 5.91 Å². The summed E-state index contributed by atoms with van der Waals surface area (Å²) in [5.74, 6) is 1.26. The predicted octanol–water partition coefficient (Wildman–Crippen LogP) is 2.58. The molecule has 0 radical (unpaired) electrons. The zero-order valence-corrected chi connectivity index (χ0v) is 14.6. The van der Waals surface area contributed by atoms with E-state index >= 15 is 0 Å². The number of hydrogen-bond donors (Lipinski definition) is 1. The van der Waals surface area contributed by atoms with E-state index in [-0.39, 0.29) is 17.2 Å². The number of methoxy groups -OCH3 is 1. The molecule has 6 heteroatoms. The largest absolute Gasteiger partial charge is 0.497 e. The van der Waals surface area contributed by atoms with Crippen LogP contribution in [-0.2, 0) is 11.3 Å². The molecule has 0 aliphatic carbocycles. The molecular formula is C19H18N2O3S. The first-order valence-corrected chi connectivity index (χ1v) is 9.18. The molecule has 1 saturated heterocycles. The number of ether oxygens (including phenoxy) is 1. The number of carbonyl (C=O) groups excluding carboxylic acids is 2. The van der Waals surface area contributed by atoms with E-state index in [0.717, 1.165) is 16.9 Å². The summed E-state index contributed by atoms with van der Waals surface area (Å²) in [4.78, 5) is 27.0. The summed E-state index contributed by atoms with van der Waals surface area (Å²) in [6.07, 6.45) is 0. The molecule has 2 aromatic rings. The van der Waals surface area contributed by atoms with E-state index in [4.69, 9.17) is 4.74 Å². The monoisotopic (exact) mass is 354 g/mol. The van der Waals surface area contributed by atoms with Gasteiger partial charge in [-0.05, 0) is 29.3 Å². The van der Waals surface area contributed by atoms with Crippen molar-refractivity contribution in [1.82, 2.24) is 10.2 Å². The maximum Gasteiger partial charge on any atom is 0.256 e. The Labute approximate surface area is 150 Å². The molecular weight excluding hydrogens is 336 g/mol. The first-order valence-electron chi connectivity index (χ1n) is 8.13. The van der Waals surface area contributed by atoms with E-state index in [1.807, 2.05) is 48.5 Å². The number of benzene rings is 2. The standard InChI is InChI=1S/C19H18N2O3S/c1-24-13-8-6-12(7-9-13)10-20-17(22)16-11-25-19-15-5-3-2-4-14(15)18(23)21(16)19/h2-9,16,19H,10-11H2,1H3,(H,20,22)/t16-,19+/m0/s1.